The number of nitrogens with zero attached hydrogens (tertiary/aromatic N) is 2. The Morgan fingerprint density at radius 2 is 1.74 bits per heavy atom. The van der Waals surface area contributed by atoms with Gasteiger partial charge in [-0.1, -0.05) is 84.4 Å². The number of aliphatic hydroxyl groups excluding tert-OH is 1. The van der Waals surface area contributed by atoms with E-state index in [1.807, 2.05) is 60.7 Å². The fourth-order valence-corrected chi connectivity index (χ4v) is 8.46. The summed E-state index contributed by atoms with van der Waals surface area (Å²) in [5.41, 5.74) is 0.741. The number of anilines is 1. The molecule has 8 atom stereocenters. The molecule has 3 fully saturated rings. The molecule has 0 aromatic heterocycles. The Morgan fingerprint density at radius 3 is 2.38 bits per heavy atom. The summed E-state index contributed by atoms with van der Waals surface area (Å²) in [6, 6.07) is 22.8. The number of carbonyl (C=O) groups is 4. The molecule has 2 bridgehead atoms. The van der Waals surface area contributed by atoms with Crippen molar-refractivity contribution in [2.75, 3.05) is 18.1 Å². The number of halogens is 1. The number of benzene rings is 3. The van der Waals surface area contributed by atoms with Crippen LogP contribution in [0.25, 0.3) is 0 Å². The van der Waals surface area contributed by atoms with Crippen molar-refractivity contribution in [3.05, 3.63) is 126 Å². The van der Waals surface area contributed by atoms with Crippen LogP contribution in [0.15, 0.2) is 110 Å². The van der Waals surface area contributed by atoms with Gasteiger partial charge in [-0.3, -0.25) is 19.2 Å². The first kappa shape index (κ1) is 38.0. The maximum absolute atomic E-state index is 15.0. The van der Waals surface area contributed by atoms with E-state index in [-0.39, 0.29) is 25.3 Å². The average Bonchev–Trinajstić information content (AvgIpc) is 3.82. The number of fused-ring (bicyclic) bond motifs is 1. The quantitative estimate of drug-likeness (QED) is 0.145. The van der Waals surface area contributed by atoms with E-state index in [1.54, 1.807) is 43.3 Å². The third-order valence-corrected chi connectivity index (χ3v) is 10.9. The lowest BCUT2D eigenvalue weighted by molar-refractivity contribution is -0.162. The van der Waals surface area contributed by atoms with Crippen LogP contribution in [0.4, 0.5) is 5.69 Å². The number of carbonyl (C=O) groups excluding carboxylic acids is 4. The van der Waals surface area contributed by atoms with Crippen molar-refractivity contribution in [3.8, 4) is 0 Å². The second kappa shape index (κ2) is 16.5. The standard InChI is InChI=1S/C42H46ClN3O7/c1-4-6-17-34(48)44-27(3)37(29-15-11-8-12-16-29)52-41(51)35-33-22-23-42(53-33)36(35)39(49)46(32(26-47)25-28-13-9-7-10-14-28)38(42)40(50)45(24-5-2)31-20-18-30(43)19-21-31/h4-5,7-16,18-21,27,32-33,35-38,47H,1-2,6,17,22-26H2,3H3,(H,44,48)/t27-,32+,33+,35-,36-,37-,38+,42-/m0/s1. The molecule has 1 spiro atoms. The maximum Gasteiger partial charge on any atom is 0.313 e. The SMILES string of the molecule is C=CCCC(=O)N[C@@H](C)[C@H](OC(=O)[C@@H]1[C@H]2C(=O)N([C@@H](CO)Cc3ccccc3)[C@H](C(=O)N(CC=C)c3ccc(Cl)cc3)[C@]23CC[C@H]1O3)c1ccccc1. The summed E-state index contributed by atoms with van der Waals surface area (Å²) < 4.78 is 13.0. The summed E-state index contributed by atoms with van der Waals surface area (Å²) in [5, 5.41) is 14.3. The van der Waals surface area contributed by atoms with Crippen molar-refractivity contribution in [1.29, 1.82) is 0 Å². The summed E-state index contributed by atoms with van der Waals surface area (Å²) in [7, 11) is 0. The normalized spacial score (nSPS) is 24.5. The van der Waals surface area contributed by atoms with E-state index in [0.717, 1.165) is 5.56 Å². The molecule has 0 aliphatic carbocycles. The average molecular weight is 740 g/mol. The predicted octanol–water partition coefficient (Wildman–Crippen LogP) is 5.59. The van der Waals surface area contributed by atoms with Gasteiger partial charge in [-0.05, 0) is 68.0 Å². The molecule has 0 radical (unpaired) electrons. The number of likely N-dealkylation sites (tertiary alicyclic amines) is 1. The number of amides is 3. The topological polar surface area (TPSA) is 125 Å². The van der Waals surface area contributed by atoms with E-state index in [2.05, 4.69) is 18.5 Å². The van der Waals surface area contributed by atoms with Crippen LogP contribution in [0, 0.1) is 11.8 Å². The molecule has 3 heterocycles. The Bertz CT molecular complexity index is 1810. The molecular formula is C42H46ClN3O7. The van der Waals surface area contributed by atoms with Crippen LogP contribution >= 0.6 is 11.6 Å². The minimum absolute atomic E-state index is 0.131. The smallest absolute Gasteiger partial charge is 0.313 e. The maximum atomic E-state index is 15.0. The van der Waals surface area contributed by atoms with Crippen LogP contribution in [-0.2, 0) is 35.1 Å². The van der Waals surface area contributed by atoms with Crippen molar-refractivity contribution in [1.82, 2.24) is 10.2 Å². The zero-order valence-corrected chi connectivity index (χ0v) is 30.6. The van der Waals surface area contributed by atoms with E-state index >= 15 is 4.79 Å². The molecule has 0 saturated carbocycles. The highest BCUT2D eigenvalue weighted by molar-refractivity contribution is 6.30. The number of hydrogen-bond donors (Lipinski definition) is 2. The zero-order chi connectivity index (χ0) is 37.7. The summed E-state index contributed by atoms with van der Waals surface area (Å²) in [4.78, 5) is 60.2. The summed E-state index contributed by atoms with van der Waals surface area (Å²) in [6.07, 6.45) is 3.52. The Labute approximate surface area is 315 Å². The Hall–Kier alpha value is -4.77. The van der Waals surface area contributed by atoms with E-state index < -0.39 is 72.2 Å². The number of aliphatic hydroxyl groups is 1. The lowest BCUT2D eigenvalue weighted by Gasteiger charge is -2.39. The number of rotatable bonds is 16. The first-order chi connectivity index (χ1) is 25.6. The molecule has 10 nitrogen and oxygen atoms in total. The van der Waals surface area contributed by atoms with Gasteiger partial charge in [-0.15, -0.1) is 13.2 Å². The lowest BCUT2D eigenvalue weighted by atomic mass is 9.70. The van der Waals surface area contributed by atoms with Crippen molar-refractivity contribution in [3.63, 3.8) is 0 Å². The third kappa shape index (κ3) is 7.54. The predicted molar refractivity (Wildman–Crippen MR) is 202 cm³/mol. The number of esters is 1. The van der Waals surface area contributed by atoms with Gasteiger partial charge < -0.3 is 29.7 Å². The minimum Gasteiger partial charge on any atom is -0.455 e. The first-order valence-electron chi connectivity index (χ1n) is 18.1. The fraction of sp³-hybridized carbons (Fsp3) is 0.381. The molecule has 0 unspecified atom stereocenters. The molecule has 6 rings (SSSR count). The lowest BCUT2D eigenvalue weighted by Crippen LogP contribution is -2.59. The first-order valence-corrected chi connectivity index (χ1v) is 18.5. The van der Waals surface area contributed by atoms with Gasteiger partial charge in [0.25, 0.3) is 5.91 Å². The molecule has 3 aromatic rings. The van der Waals surface area contributed by atoms with Crippen LogP contribution < -0.4 is 10.2 Å². The largest absolute Gasteiger partial charge is 0.455 e. The van der Waals surface area contributed by atoms with E-state index in [1.165, 1.54) is 9.80 Å². The van der Waals surface area contributed by atoms with Crippen LogP contribution in [-0.4, -0.2) is 76.7 Å². The van der Waals surface area contributed by atoms with Gasteiger partial charge in [-0.25, -0.2) is 0 Å². The molecule has 11 heteroatoms. The second-order valence-corrected chi connectivity index (χ2v) is 14.4. The van der Waals surface area contributed by atoms with Crippen molar-refractivity contribution < 1.29 is 33.8 Å². The van der Waals surface area contributed by atoms with Gasteiger partial charge in [0.15, 0.2) is 0 Å². The van der Waals surface area contributed by atoms with Gasteiger partial charge in [0.05, 0.1) is 36.6 Å². The molecule has 53 heavy (non-hydrogen) atoms. The van der Waals surface area contributed by atoms with E-state index in [9.17, 15) is 19.5 Å². The highest BCUT2D eigenvalue weighted by atomic mass is 35.5. The number of nitrogens with one attached hydrogen (secondary N) is 1. The highest BCUT2D eigenvalue weighted by Crippen LogP contribution is 2.59. The number of hydrogen-bond acceptors (Lipinski definition) is 7. The van der Waals surface area contributed by atoms with Gasteiger partial charge in [-0.2, -0.15) is 0 Å². The molecule has 2 N–H and O–H groups in total. The fourth-order valence-electron chi connectivity index (χ4n) is 8.33. The monoisotopic (exact) mass is 739 g/mol. The van der Waals surface area contributed by atoms with Gasteiger partial charge in [0.2, 0.25) is 11.8 Å². The zero-order valence-electron chi connectivity index (χ0n) is 29.8. The van der Waals surface area contributed by atoms with Gasteiger partial charge >= 0.3 is 5.97 Å². The van der Waals surface area contributed by atoms with Crippen molar-refractivity contribution >= 4 is 41.0 Å². The van der Waals surface area contributed by atoms with E-state index in [0.29, 0.717) is 35.5 Å². The van der Waals surface area contributed by atoms with E-state index in [4.69, 9.17) is 21.1 Å². The Balaban J connectivity index is 1.37. The Kier molecular flexibility index (Phi) is 11.8. The molecule has 3 saturated heterocycles. The van der Waals surface area contributed by atoms with Crippen molar-refractivity contribution in [2.45, 2.75) is 75.0 Å². The molecule has 3 aliphatic heterocycles. The Morgan fingerprint density at radius 1 is 1.06 bits per heavy atom. The summed E-state index contributed by atoms with van der Waals surface area (Å²) in [6.45, 7) is 9.04. The summed E-state index contributed by atoms with van der Waals surface area (Å²) in [5.74, 6) is -3.78. The van der Waals surface area contributed by atoms with Gasteiger partial charge in [0.1, 0.15) is 17.7 Å². The molecule has 278 valence electrons. The molecular weight excluding hydrogens is 694 g/mol. The van der Waals surface area contributed by atoms with Crippen LogP contribution in [0.3, 0.4) is 0 Å². The number of ether oxygens (including phenoxy) is 2. The van der Waals surface area contributed by atoms with Gasteiger partial charge in [0, 0.05) is 23.7 Å². The van der Waals surface area contributed by atoms with Crippen molar-refractivity contribution in [2.24, 2.45) is 11.8 Å². The molecule has 3 aliphatic rings. The second-order valence-electron chi connectivity index (χ2n) is 14.0. The highest BCUT2D eigenvalue weighted by Gasteiger charge is 2.75. The van der Waals surface area contributed by atoms with Crippen LogP contribution in [0.5, 0.6) is 0 Å². The number of allylic oxidation sites excluding steroid dienone is 1. The molecule has 3 aromatic carbocycles. The van der Waals surface area contributed by atoms with Crippen LogP contribution in [0.1, 0.15) is 49.8 Å². The molecule has 3 amide bonds. The third-order valence-electron chi connectivity index (χ3n) is 10.7. The summed E-state index contributed by atoms with van der Waals surface area (Å²) >= 11 is 6.20. The minimum atomic E-state index is -1.36. The van der Waals surface area contributed by atoms with Crippen LogP contribution in [0.2, 0.25) is 5.02 Å².